The normalized spacial score (nSPS) is 44.4. The Hall–Kier alpha value is -1.42. The number of fused-ring (bicyclic) bond motifs is 5. The standard InChI is InChI=1S/C28H42O4/c1-6-19-23-16-18(29)12-14-28(23,5)22-13-15-27(4)20(9-10-21(27)25(22)26(19)31)17(3)8-11-24(30)32-7-2/h8,11,16-17,19-22,25-26,31H,6-7,9-10,12-15H2,1-5H3/b11-8+/t17?,19-,20+,21-,22-,25-,26+,27+,28+/m0/s1. The Morgan fingerprint density at radius 1 is 1.22 bits per heavy atom. The number of esters is 1. The van der Waals surface area contributed by atoms with Crippen LogP contribution in [-0.4, -0.2) is 29.6 Å². The molecule has 9 atom stereocenters. The fourth-order valence-electron chi connectivity index (χ4n) is 8.65. The molecule has 0 aliphatic heterocycles. The van der Waals surface area contributed by atoms with Crippen LogP contribution in [0.25, 0.3) is 0 Å². The molecule has 32 heavy (non-hydrogen) atoms. The fourth-order valence-corrected chi connectivity index (χ4v) is 8.65. The zero-order valence-corrected chi connectivity index (χ0v) is 20.6. The molecule has 4 aliphatic rings. The number of carbonyl (C=O) groups is 2. The lowest BCUT2D eigenvalue weighted by molar-refractivity contribution is -0.137. The number of rotatable bonds is 5. The van der Waals surface area contributed by atoms with E-state index in [1.165, 1.54) is 12.0 Å². The van der Waals surface area contributed by atoms with E-state index in [-0.39, 0.29) is 34.6 Å². The summed E-state index contributed by atoms with van der Waals surface area (Å²) >= 11 is 0. The lowest BCUT2D eigenvalue weighted by Gasteiger charge is -2.61. The summed E-state index contributed by atoms with van der Waals surface area (Å²) in [4.78, 5) is 24.1. The summed E-state index contributed by atoms with van der Waals surface area (Å²) in [7, 11) is 0. The summed E-state index contributed by atoms with van der Waals surface area (Å²) in [5.74, 6) is 2.19. The Morgan fingerprint density at radius 2 is 1.97 bits per heavy atom. The van der Waals surface area contributed by atoms with Crippen LogP contribution in [0.5, 0.6) is 0 Å². The van der Waals surface area contributed by atoms with Gasteiger partial charge in [-0.25, -0.2) is 4.79 Å². The molecule has 0 bridgehead atoms. The molecule has 4 nitrogen and oxygen atoms in total. The number of carbonyl (C=O) groups excluding carboxylic acids is 2. The second-order valence-corrected chi connectivity index (χ2v) is 11.5. The Balaban J connectivity index is 1.62. The third-order valence-electron chi connectivity index (χ3n) is 10.2. The van der Waals surface area contributed by atoms with Crippen molar-refractivity contribution >= 4 is 11.8 Å². The first-order valence-electron chi connectivity index (χ1n) is 12.9. The van der Waals surface area contributed by atoms with Crippen molar-refractivity contribution < 1.29 is 19.4 Å². The molecule has 1 N–H and O–H groups in total. The molecule has 4 aliphatic carbocycles. The molecule has 3 saturated carbocycles. The average molecular weight is 443 g/mol. The molecule has 0 aromatic heterocycles. The van der Waals surface area contributed by atoms with E-state index in [1.807, 2.05) is 19.1 Å². The van der Waals surface area contributed by atoms with E-state index in [1.54, 1.807) is 6.08 Å². The minimum atomic E-state index is -0.357. The van der Waals surface area contributed by atoms with Crippen molar-refractivity contribution in [2.45, 2.75) is 85.7 Å². The molecule has 4 heteroatoms. The molecule has 0 heterocycles. The minimum Gasteiger partial charge on any atom is -0.463 e. The van der Waals surface area contributed by atoms with Crippen LogP contribution in [0.4, 0.5) is 0 Å². The van der Waals surface area contributed by atoms with Gasteiger partial charge in [0.1, 0.15) is 0 Å². The molecular formula is C28H42O4. The zero-order chi connectivity index (χ0) is 23.3. The second kappa shape index (κ2) is 8.74. The van der Waals surface area contributed by atoms with Gasteiger partial charge in [0.2, 0.25) is 0 Å². The van der Waals surface area contributed by atoms with Gasteiger partial charge in [0.05, 0.1) is 12.7 Å². The van der Waals surface area contributed by atoms with E-state index >= 15 is 0 Å². The van der Waals surface area contributed by atoms with E-state index in [2.05, 4.69) is 27.7 Å². The number of aliphatic hydroxyl groups excluding tert-OH is 1. The predicted octanol–water partition coefficient (Wildman–Crippen LogP) is 5.50. The maximum absolute atomic E-state index is 12.3. The smallest absolute Gasteiger partial charge is 0.330 e. The van der Waals surface area contributed by atoms with Gasteiger partial charge in [0.25, 0.3) is 0 Å². The summed E-state index contributed by atoms with van der Waals surface area (Å²) in [5.41, 5.74) is 1.47. The topological polar surface area (TPSA) is 63.6 Å². The molecule has 0 saturated heterocycles. The predicted molar refractivity (Wildman–Crippen MR) is 126 cm³/mol. The second-order valence-electron chi connectivity index (χ2n) is 11.5. The summed E-state index contributed by atoms with van der Waals surface area (Å²) in [6.45, 7) is 11.5. The fraction of sp³-hybridized carbons (Fsp3) is 0.786. The van der Waals surface area contributed by atoms with Crippen LogP contribution in [0.2, 0.25) is 0 Å². The van der Waals surface area contributed by atoms with Crippen molar-refractivity contribution in [1.82, 2.24) is 0 Å². The van der Waals surface area contributed by atoms with Crippen LogP contribution in [0.15, 0.2) is 23.8 Å². The van der Waals surface area contributed by atoms with Crippen LogP contribution in [0.3, 0.4) is 0 Å². The molecule has 178 valence electrons. The molecule has 1 unspecified atom stereocenters. The molecule has 3 fully saturated rings. The largest absolute Gasteiger partial charge is 0.463 e. The highest BCUT2D eigenvalue weighted by atomic mass is 16.5. The van der Waals surface area contributed by atoms with Crippen LogP contribution in [-0.2, 0) is 14.3 Å². The van der Waals surface area contributed by atoms with Crippen LogP contribution in [0.1, 0.15) is 79.6 Å². The monoisotopic (exact) mass is 442 g/mol. The first-order valence-corrected chi connectivity index (χ1v) is 12.9. The molecule has 0 spiro atoms. The third kappa shape index (κ3) is 3.61. The maximum atomic E-state index is 12.3. The molecule has 4 rings (SSSR count). The van der Waals surface area contributed by atoms with Crippen molar-refractivity contribution in [2.75, 3.05) is 6.61 Å². The Kier molecular flexibility index (Phi) is 6.48. The first-order chi connectivity index (χ1) is 15.2. The van der Waals surface area contributed by atoms with Crippen molar-refractivity contribution in [2.24, 2.45) is 46.3 Å². The quantitative estimate of drug-likeness (QED) is 0.451. The number of allylic oxidation sites excluding steroid dienone is 1. The van der Waals surface area contributed by atoms with Crippen molar-refractivity contribution in [1.29, 1.82) is 0 Å². The van der Waals surface area contributed by atoms with Crippen molar-refractivity contribution in [3.05, 3.63) is 23.8 Å². The van der Waals surface area contributed by atoms with Gasteiger partial charge in [-0.15, -0.1) is 0 Å². The summed E-state index contributed by atoms with van der Waals surface area (Å²) in [5, 5.41) is 11.7. The molecule has 0 radical (unpaired) electrons. The van der Waals surface area contributed by atoms with E-state index in [0.717, 1.165) is 32.1 Å². The molecule has 0 aromatic carbocycles. The van der Waals surface area contributed by atoms with E-state index in [0.29, 0.717) is 42.6 Å². The van der Waals surface area contributed by atoms with Gasteiger partial charge in [-0.1, -0.05) is 39.3 Å². The highest BCUT2D eigenvalue weighted by Gasteiger charge is 2.63. The molecule has 0 aromatic rings. The van der Waals surface area contributed by atoms with E-state index < -0.39 is 0 Å². The highest BCUT2D eigenvalue weighted by Crippen LogP contribution is 2.68. The van der Waals surface area contributed by atoms with Gasteiger partial charge < -0.3 is 9.84 Å². The summed E-state index contributed by atoms with van der Waals surface area (Å²) < 4.78 is 5.08. The lowest BCUT2D eigenvalue weighted by atomic mass is 9.43. The number of aliphatic hydroxyl groups is 1. The summed E-state index contributed by atoms with van der Waals surface area (Å²) in [6, 6.07) is 0. The van der Waals surface area contributed by atoms with Crippen molar-refractivity contribution in [3.8, 4) is 0 Å². The Labute approximate surface area is 193 Å². The third-order valence-corrected chi connectivity index (χ3v) is 10.2. The number of ketones is 1. The number of hydrogen-bond acceptors (Lipinski definition) is 4. The van der Waals surface area contributed by atoms with Gasteiger partial charge >= 0.3 is 5.97 Å². The lowest BCUT2D eigenvalue weighted by Crippen LogP contribution is -2.58. The average Bonchev–Trinajstić information content (AvgIpc) is 3.11. The summed E-state index contributed by atoms with van der Waals surface area (Å²) in [6.07, 6.45) is 12.3. The van der Waals surface area contributed by atoms with Gasteiger partial charge in [0, 0.05) is 18.4 Å². The van der Waals surface area contributed by atoms with Crippen LogP contribution < -0.4 is 0 Å². The van der Waals surface area contributed by atoms with Crippen LogP contribution in [0, 0.1) is 46.3 Å². The SMILES string of the molecule is CCOC(=O)/C=C/C(C)[C@H]1CC[C@H]2[C@@H]3[C@H](O)[C@@H](CC)C4=CC(=O)CC[C@]4(C)[C@H]3CC[C@]12C. The minimum absolute atomic E-state index is 0.0489. The molecule has 0 amide bonds. The highest BCUT2D eigenvalue weighted by molar-refractivity contribution is 5.91. The van der Waals surface area contributed by atoms with E-state index in [9.17, 15) is 14.7 Å². The van der Waals surface area contributed by atoms with Gasteiger partial charge in [0.15, 0.2) is 5.78 Å². The first kappa shape index (κ1) is 23.7. The Morgan fingerprint density at radius 3 is 2.66 bits per heavy atom. The molecular weight excluding hydrogens is 400 g/mol. The maximum Gasteiger partial charge on any atom is 0.330 e. The number of hydrogen-bond donors (Lipinski definition) is 1. The Bertz CT molecular complexity index is 812. The van der Waals surface area contributed by atoms with Crippen molar-refractivity contribution in [3.63, 3.8) is 0 Å². The van der Waals surface area contributed by atoms with Gasteiger partial charge in [-0.05, 0) is 91.9 Å². The number of ether oxygens (including phenoxy) is 1. The van der Waals surface area contributed by atoms with Gasteiger partial charge in [-0.3, -0.25) is 4.79 Å². The van der Waals surface area contributed by atoms with Crippen LogP contribution >= 0.6 is 0 Å². The van der Waals surface area contributed by atoms with Gasteiger partial charge in [-0.2, -0.15) is 0 Å². The zero-order valence-electron chi connectivity index (χ0n) is 20.6. The van der Waals surface area contributed by atoms with E-state index in [4.69, 9.17) is 4.74 Å².